The Morgan fingerprint density at radius 2 is 0.738 bits per heavy atom. The van der Waals surface area contributed by atoms with Gasteiger partial charge in [-0.2, -0.15) is 0 Å². The highest BCUT2D eigenvalue weighted by Gasteiger charge is 2.59. The lowest BCUT2D eigenvalue weighted by molar-refractivity contribution is 0.195. The Morgan fingerprint density at radius 3 is 1.23 bits per heavy atom. The lowest BCUT2D eigenvalue weighted by atomic mass is 9.61. The first-order chi connectivity index (χ1) is 39.1. The molecule has 4 unspecified atom stereocenters. The molecule has 0 N–H and O–H groups in total. The second-order valence-electron chi connectivity index (χ2n) is 24.3. The van der Waals surface area contributed by atoms with Gasteiger partial charge >= 0.3 is 0 Å². The fourth-order valence-corrected chi connectivity index (χ4v) is 15.6. The molecule has 11 aromatic rings. The fourth-order valence-electron chi connectivity index (χ4n) is 15.6. The maximum absolute atomic E-state index is 5.51. The van der Waals surface area contributed by atoms with Gasteiger partial charge in [0.15, 0.2) is 0 Å². The zero-order chi connectivity index (χ0) is 53.8. The third-order valence-electron chi connectivity index (χ3n) is 20.2. The lowest BCUT2D eigenvalue weighted by Gasteiger charge is -2.50. The minimum atomic E-state index is -0.00918. The summed E-state index contributed by atoms with van der Waals surface area (Å²) >= 11 is 0. The number of fused-ring (bicyclic) bond motifs is 8. The molecule has 2 fully saturated rings. The average Bonchev–Trinajstić information content (AvgIpc) is 4.10. The summed E-state index contributed by atoms with van der Waals surface area (Å²) in [5, 5.41) is 4.85. The Morgan fingerprint density at radius 1 is 0.325 bits per heavy atom. The van der Waals surface area contributed by atoms with Gasteiger partial charge in [-0.05, 0) is 179 Å². The lowest BCUT2D eigenvalue weighted by Crippen LogP contribution is -2.54. The van der Waals surface area contributed by atoms with E-state index in [1.807, 2.05) is 0 Å². The summed E-state index contributed by atoms with van der Waals surface area (Å²) in [5.74, 6) is 0. The SMILES string of the molecule is CC12CCCCC1(C)N(c1ccccc1)c1ccc(-c3ccc(-c4ccc5c(-c6ccccc6)c6cc(-c7cccc(-c8ccc9c(c8)C8(C)CCCCC8(C)N9c8ccccc8)n7)ccc6c(-c6ccccc6)c5c4)cn3)cc12. The third-order valence-corrected chi connectivity index (χ3v) is 20.2. The van der Waals surface area contributed by atoms with Gasteiger partial charge in [0.2, 0.25) is 0 Å². The van der Waals surface area contributed by atoms with E-state index in [1.165, 1.54) is 140 Å². The summed E-state index contributed by atoms with van der Waals surface area (Å²) in [6.45, 7) is 10.0. The highest BCUT2D eigenvalue weighted by molar-refractivity contribution is 6.22. The van der Waals surface area contributed by atoms with Gasteiger partial charge in [0, 0.05) is 62.0 Å². The minimum Gasteiger partial charge on any atom is -0.334 e. The van der Waals surface area contributed by atoms with Crippen molar-refractivity contribution in [3.05, 3.63) is 242 Å². The van der Waals surface area contributed by atoms with Crippen molar-refractivity contribution in [3.8, 4) is 67.2 Å². The molecular weight excluding hydrogens is 969 g/mol. The molecule has 2 aliphatic heterocycles. The van der Waals surface area contributed by atoms with Crippen LogP contribution in [0, 0.1) is 0 Å². The predicted octanol–water partition coefficient (Wildman–Crippen LogP) is 20.3. The van der Waals surface area contributed by atoms with E-state index in [9.17, 15) is 0 Å². The molecule has 0 radical (unpaired) electrons. The van der Waals surface area contributed by atoms with E-state index in [4.69, 9.17) is 9.97 Å². The van der Waals surface area contributed by atoms with E-state index < -0.39 is 0 Å². The number of anilines is 4. The van der Waals surface area contributed by atoms with Crippen molar-refractivity contribution >= 4 is 44.3 Å². The van der Waals surface area contributed by atoms with Crippen LogP contribution >= 0.6 is 0 Å². The summed E-state index contributed by atoms with van der Waals surface area (Å²) in [6, 6.07) is 83.3. The Kier molecular flexibility index (Phi) is 11.2. The topological polar surface area (TPSA) is 32.3 Å². The second kappa shape index (κ2) is 18.5. The van der Waals surface area contributed by atoms with E-state index in [-0.39, 0.29) is 21.9 Å². The monoisotopic (exact) mass is 1030 g/mol. The van der Waals surface area contributed by atoms with Crippen molar-refractivity contribution in [2.45, 2.75) is 101 Å². The molecule has 0 saturated heterocycles. The third kappa shape index (κ3) is 7.27. The molecule has 0 amide bonds. The molecule has 390 valence electrons. The summed E-state index contributed by atoms with van der Waals surface area (Å²) in [7, 11) is 0. The number of para-hydroxylation sites is 2. The molecule has 4 heterocycles. The zero-order valence-corrected chi connectivity index (χ0v) is 46.4. The fraction of sp³-hybridized carbons (Fsp3) is 0.211. The minimum absolute atomic E-state index is 0.00385. The van der Waals surface area contributed by atoms with Crippen LogP contribution in [-0.4, -0.2) is 21.0 Å². The van der Waals surface area contributed by atoms with E-state index >= 15 is 0 Å². The second-order valence-corrected chi connectivity index (χ2v) is 24.3. The Bertz CT molecular complexity index is 4190. The van der Waals surface area contributed by atoms with Crippen LogP contribution in [0.4, 0.5) is 22.7 Å². The first-order valence-electron chi connectivity index (χ1n) is 29.2. The van der Waals surface area contributed by atoms with Crippen LogP contribution in [-0.2, 0) is 10.8 Å². The summed E-state index contributed by atoms with van der Waals surface area (Å²) in [4.78, 5) is 16.0. The zero-order valence-electron chi connectivity index (χ0n) is 46.4. The van der Waals surface area contributed by atoms with Crippen molar-refractivity contribution in [1.82, 2.24) is 9.97 Å². The van der Waals surface area contributed by atoms with Gasteiger partial charge in [0.05, 0.1) is 28.2 Å². The van der Waals surface area contributed by atoms with Crippen LogP contribution in [0.5, 0.6) is 0 Å². The van der Waals surface area contributed by atoms with Gasteiger partial charge < -0.3 is 9.80 Å². The first-order valence-corrected chi connectivity index (χ1v) is 29.2. The Balaban J connectivity index is 0.823. The quantitative estimate of drug-likeness (QED) is 0.142. The van der Waals surface area contributed by atoms with Crippen molar-refractivity contribution < 1.29 is 0 Å². The number of rotatable bonds is 8. The number of hydrogen-bond donors (Lipinski definition) is 0. The first kappa shape index (κ1) is 48.5. The summed E-state index contributed by atoms with van der Waals surface area (Å²) in [5.41, 5.74) is 21.6. The van der Waals surface area contributed by atoms with E-state index in [1.54, 1.807) is 0 Å². The normalized spacial score (nSPS) is 22.0. The van der Waals surface area contributed by atoms with Gasteiger partial charge in [-0.15, -0.1) is 0 Å². The molecule has 9 aromatic carbocycles. The summed E-state index contributed by atoms with van der Waals surface area (Å²) in [6.07, 6.45) is 11.8. The molecule has 4 heteroatoms. The Hall–Kier alpha value is -8.60. The molecule has 0 bridgehead atoms. The van der Waals surface area contributed by atoms with E-state index in [0.717, 1.165) is 33.8 Å². The highest BCUT2D eigenvalue weighted by Crippen LogP contribution is 2.63. The molecular formula is C76H66N4. The maximum Gasteiger partial charge on any atom is 0.0709 e. The molecule has 15 rings (SSSR count). The maximum atomic E-state index is 5.51. The Labute approximate surface area is 471 Å². The van der Waals surface area contributed by atoms with Crippen molar-refractivity contribution in [2.24, 2.45) is 0 Å². The molecule has 0 spiro atoms. The van der Waals surface area contributed by atoms with Crippen molar-refractivity contribution in [2.75, 3.05) is 9.80 Å². The molecule has 80 heavy (non-hydrogen) atoms. The highest BCUT2D eigenvalue weighted by atomic mass is 15.3. The summed E-state index contributed by atoms with van der Waals surface area (Å²) < 4.78 is 0. The van der Waals surface area contributed by atoms with Gasteiger partial charge in [-0.3, -0.25) is 4.98 Å². The van der Waals surface area contributed by atoms with Gasteiger partial charge in [0.1, 0.15) is 0 Å². The molecule has 4 nitrogen and oxygen atoms in total. The number of nitrogens with zero attached hydrogens (tertiary/aromatic N) is 4. The largest absolute Gasteiger partial charge is 0.334 e. The molecule has 2 aliphatic carbocycles. The van der Waals surface area contributed by atoms with Crippen LogP contribution in [0.25, 0.3) is 88.7 Å². The van der Waals surface area contributed by atoms with Crippen molar-refractivity contribution in [3.63, 3.8) is 0 Å². The molecule has 4 atom stereocenters. The predicted molar refractivity (Wildman–Crippen MR) is 335 cm³/mol. The van der Waals surface area contributed by atoms with Crippen LogP contribution in [0.2, 0.25) is 0 Å². The van der Waals surface area contributed by atoms with Gasteiger partial charge in [-0.25, -0.2) is 4.98 Å². The number of benzene rings is 9. The van der Waals surface area contributed by atoms with Gasteiger partial charge in [-0.1, -0.05) is 185 Å². The van der Waals surface area contributed by atoms with Crippen LogP contribution < -0.4 is 9.80 Å². The van der Waals surface area contributed by atoms with Crippen molar-refractivity contribution in [1.29, 1.82) is 0 Å². The molecule has 2 aromatic heterocycles. The van der Waals surface area contributed by atoms with Crippen LogP contribution in [0.1, 0.15) is 90.2 Å². The standard InChI is InChI=1S/C76H66N4/c1-73-42-17-19-44-75(73,3)79(58-26-13-7-14-27-58)69-40-35-55(48-64(69)73)66-39-34-57(50-77-66)53-32-37-60-62(46-53)71(51-22-9-5-10-23-51)61-38-33-54(47-63(61)72(60)52-24-11-6-12-25-52)67-30-21-31-68(78-67)56-36-41-70-65(49-56)74(2)43-18-20-45-76(74,4)80(70)59-28-15-8-16-29-59/h5-16,21-41,46-50H,17-20,42-45H2,1-4H3. The molecule has 2 saturated carbocycles. The van der Waals surface area contributed by atoms with E-state index in [0.29, 0.717) is 0 Å². The van der Waals surface area contributed by atoms with Crippen LogP contribution in [0.15, 0.2) is 231 Å². The number of aromatic nitrogens is 2. The average molecular weight is 1040 g/mol. The number of pyridine rings is 2. The number of hydrogen-bond acceptors (Lipinski definition) is 4. The van der Waals surface area contributed by atoms with E-state index in [2.05, 4.69) is 268 Å². The smallest absolute Gasteiger partial charge is 0.0709 e. The molecule has 4 aliphatic rings. The van der Waals surface area contributed by atoms with Crippen LogP contribution in [0.3, 0.4) is 0 Å². The van der Waals surface area contributed by atoms with Gasteiger partial charge in [0.25, 0.3) is 0 Å².